The van der Waals surface area contributed by atoms with Crippen molar-refractivity contribution in [2.24, 2.45) is 0 Å². The van der Waals surface area contributed by atoms with Crippen LogP contribution >= 0.6 is 0 Å². The maximum absolute atomic E-state index is 12.4. The van der Waals surface area contributed by atoms with E-state index in [0.29, 0.717) is 18.7 Å². The van der Waals surface area contributed by atoms with Gasteiger partial charge in [0, 0.05) is 24.7 Å². The number of rotatable bonds is 6. The molecule has 0 aliphatic carbocycles. The van der Waals surface area contributed by atoms with E-state index in [1.165, 1.54) is 34.6 Å². The number of hydrogen-bond acceptors (Lipinski definition) is 5. The number of nitrogens with zero attached hydrogens (tertiary/aromatic N) is 1. The zero-order chi connectivity index (χ0) is 17.7. The van der Waals surface area contributed by atoms with Gasteiger partial charge in [0.25, 0.3) is 0 Å². The number of Topliss-reactive ketones (excluding diaryl/α,β-unsaturated/α-hetero) is 1. The summed E-state index contributed by atoms with van der Waals surface area (Å²) in [5, 5.41) is 0. The Balaban J connectivity index is 2.02. The summed E-state index contributed by atoms with van der Waals surface area (Å²) in [6, 6.07) is 5.72. The van der Waals surface area contributed by atoms with Crippen molar-refractivity contribution in [3.05, 3.63) is 41.5 Å². The molecule has 0 amide bonds. The second-order valence-corrected chi connectivity index (χ2v) is 7.83. The van der Waals surface area contributed by atoms with Crippen molar-refractivity contribution in [2.75, 3.05) is 19.7 Å². The van der Waals surface area contributed by atoms with Gasteiger partial charge in [0.05, 0.1) is 4.90 Å². The fraction of sp³-hybridized carbons (Fsp3) is 0.412. The first-order chi connectivity index (χ1) is 11.3. The second-order valence-electron chi connectivity index (χ2n) is 5.89. The van der Waals surface area contributed by atoms with E-state index in [1.807, 2.05) is 0 Å². The van der Waals surface area contributed by atoms with E-state index < -0.39 is 16.0 Å². The molecule has 0 bridgehead atoms. The van der Waals surface area contributed by atoms with Crippen molar-refractivity contribution in [1.82, 2.24) is 4.31 Å². The fourth-order valence-electron chi connectivity index (χ4n) is 2.39. The topological polar surface area (TPSA) is 80.8 Å². The highest BCUT2D eigenvalue weighted by molar-refractivity contribution is 7.89. The summed E-state index contributed by atoms with van der Waals surface area (Å²) in [5.74, 6) is -0.952. The van der Waals surface area contributed by atoms with Crippen molar-refractivity contribution in [3.8, 4) is 0 Å². The van der Waals surface area contributed by atoms with Gasteiger partial charge in [0.1, 0.15) is 0 Å². The molecule has 0 spiro atoms. The van der Waals surface area contributed by atoms with Gasteiger partial charge in [0.15, 0.2) is 12.4 Å². The standard InChI is InChI=1S/C17H21NO5S/c1-13(2)11-17(20)23-12-16(19)14-5-7-15(8-6-14)24(21,22)18-9-3-4-10-18/h5-8,11H,3-4,9-10,12H2,1-2H3. The van der Waals surface area contributed by atoms with Crippen molar-refractivity contribution in [2.45, 2.75) is 31.6 Å². The molecule has 2 rings (SSSR count). The Morgan fingerprint density at radius 2 is 1.71 bits per heavy atom. The quantitative estimate of drug-likeness (QED) is 0.446. The lowest BCUT2D eigenvalue weighted by Crippen LogP contribution is -2.27. The molecule has 1 saturated heterocycles. The first-order valence-electron chi connectivity index (χ1n) is 7.76. The molecule has 0 radical (unpaired) electrons. The molecular formula is C17H21NO5S. The van der Waals surface area contributed by atoms with Crippen LogP contribution in [0.2, 0.25) is 0 Å². The van der Waals surface area contributed by atoms with E-state index in [4.69, 9.17) is 4.74 Å². The monoisotopic (exact) mass is 351 g/mol. The maximum atomic E-state index is 12.4. The van der Waals surface area contributed by atoms with Crippen LogP contribution in [0.25, 0.3) is 0 Å². The number of ether oxygens (including phenoxy) is 1. The van der Waals surface area contributed by atoms with Gasteiger partial charge in [-0.1, -0.05) is 5.57 Å². The maximum Gasteiger partial charge on any atom is 0.331 e. The Bertz CT molecular complexity index is 740. The predicted molar refractivity (Wildman–Crippen MR) is 89.2 cm³/mol. The summed E-state index contributed by atoms with van der Waals surface area (Å²) in [7, 11) is -3.49. The number of carbonyl (C=O) groups is 2. The summed E-state index contributed by atoms with van der Waals surface area (Å²) in [6.45, 7) is 4.19. The Morgan fingerprint density at radius 1 is 1.12 bits per heavy atom. The van der Waals surface area contributed by atoms with Gasteiger partial charge in [-0.25, -0.2) is 13.2 Å². The average Bonchev–Trinajstić information content (AvgIpc) is 3.07. The Kier molecular flexibility index (Phi) is 5.90. The summed E-state index contributed by atoms with van der Waals surface area (Å²) < 4.78 is 31.1. The molecule has 1 aromatic rings. The van der Waals surface area contributed by atoms with E-state index in [0.717, 1.165) is 18.4 Å². The molecule has 0 unspecified atom stereocenters. The lowest BCUT2D eigenvalue weighted by atomic mass is 10.1. The molecule has 1 heterocycles. The molecule has 1 fully saturated rings. The third-order valence-electron chi connectivity index (χ3n) is 3.63. The van der Waals surface area contributed by atoms with E-state index in [-0.39, 0.29) is 17.3 Å². The first kappa shape index (κ1) is 18.4. The largest absolute Gasteiger partial charge is 0.454 e. The zero-order valence-corrected chi connectivity index (χ0v) is 14.6. The van der Waals surface area contributed by atoms with Crippen molar-refractivity contribution in [1.29, 1.82) is 0 Å². The molecule has 0 saturated carbocycles. The Labute approximate surface area is 142 Å². The van der Waals surface area contributed by atoms with Crippen LogP contribution in [0.15, 0.2) is 40.8 Å². The van der Waals surface area contributed by atoms with Gasteiger partial charge >= 0.3 is 5.97 Å². The summed E-state index contributed by atoms with van der Waals surface area (Å²) in [5.41, 5.74) is 1.09. The number of ketones is 1. The summed E-state index contributed by atoms with van der Waals surface area (Å²) in [4.78, 5) is 23.5. The van der Waals surface area contributed by atoms with Crippen LogP contribution in [0.3, 0.4) is 0 Å². The minimum atomic E-state index is -3.49. The molecule has 0 aromatic heterocycles. The molecule has 130 valence electrons. The second kappa shape index (κ2) is 7.72. The number of hydrogen-bond donors (Lipinski definition) is 0. The highest BCUT2D eigenvalue weighted by Crippen LogP contribution is 2.21. The molecule has 1 aliphatic heterocycles. The lowest BCUT2D eigenvalue weighted by Gasteiger charge is -2.15. The highest BCUT2D eigenvalue weighted by atomic mass is 32.2. The molecule has 0 atom stereocenters. The third kappa shape index (κ3) is 4.52. The molecule has 24 heavy (non-hydrogen) atoms. The van der Waals surface area contributed by atoms with Crippen LogP contribution in [0, 0.1) is 0 Å². The van der Waals surface area contributed by atoms with Gasteiger partial charge in [-0.2, -0.15) is 4.31 Å². The van der Waals surface area contributed by atoms with E-state index in [1.54, 1.807) is 13.8 Å². The van der Waals surface area contributed by atoms with Gasteiger partial charge in [-0.3, -0.25) is 4.79 Å². The van der Waals surface area contributed by atoms with Crippen LogP contribution in [0.4, 0.5) is 0 Å². The SMILES string of the molecule is CC(C)=CC(=O)OCC(=O)c1ccc(S(=O)(=O)N2CCCC2)cc1. The van der Waals surface area contributed by atoms with E-state index in [2.05, 4.69) is 0 Å². The average molecular weight is 351 g/mol. The van der Waals surface area contributed by atoms with Gasteiger partial charge < -0.3 is 4.74 Å². The highest BCUT2D eigenvalue weighted by Gasteiger charge is 2.27. The third-order valence-corrected chi connectivity index (χ3v) is 5.54. The molecule has 1 aliphatic rings. The number of carbonyl (C=O) groups excluding carboxylic acids is 2. The zero-order valence-electron chi connectivity index (χ0n) is 13.8. The van der Waals surface area contributed by atoms with Crippen LogP contribution in [-0.4, -0.2) is 44.2 Å². The van der Waals surface area contributed by atoms with Crippen LogP contribution < -0.4 is 0 Å². The van der Waals surface area contributed by atoms with Gasteiger partial charge in [-0.05, 0) is 51.0 Å². The number of sulfonamides is 1. The van der Waals surface area contributed by atoms with Gasteiger partial charge in [0.2, 0.25) is 10.0 Å². The fourth-order valence-corrected chi connectivity index (χ4v) is 3.90. The molecule has 7 heteroatoms. The Hall–Kier alpha value is -1.99. The first-order valence-corrected chi connectivity index (χ1v) is 9.20. The van der Waals surface area contributed by atoms with Crippen molar-refractivity contribution >= 4 is 21.8 Å². The molecule has 1 aromatic carbocycles. The summed E-state index contributed by atoms with van der Waals surface area (Å²) in [6.07, 6.45) is 3.04. The molecule has 0 N–H and O–H groups in total. The van der Waals surface area contributed by atoms with E-state index in [9.17, 15) is 18.0 Å². The van der Waals surface area contributed by atoms with Crippen molar-refractivity contribution < 1.29 is 22.7 Å². The van der Waals surface area contributed by atoms with E-state index >= 15 is 0 Å². The van der Waals surface area contributed by atoms with Gasteiger partial charge in [-0.15, -0.1) is 0 Å². The van der Waals surface area contributed by atoms with Crippen LogP contribution in [0.5, 0.6) is 0 Å². The summed E-state index contributed by atoms with van der Waals surface area (Å²) >= 11 is 0. The smallest absolute Gasteiger partial charge is 0.331 e. The lowest BCUT2D eigenvalue weighted by molar-refractivity contribution is -0.136. The predicted octanol–water partition coefficient (Wildman–Crippen LogP) is 2.16. The number of esters is 1. The van der Waals surface area contributed by atoms with Crippen LogP contribution in [-0.2, 0) is 19.6 Å². The van der Waals surface area contributed by atoms with Crippen molar-refractivity contribution in [3.63, 3.8) is 0 Å². The molecule has 6 nitrogen and oxygen atoms in total. The minimum absolute atomic E-state index is 0.169. The Morgan fingerprint density at radius 3 is 2.25 bits per heavy atom. The number of benzene rings is 1. The normalized spacial score (nSPS) is 15.1. The number of allylic oxidation sites excluding steroid dienone is 1. The minimum Gasteiger partial charge on any atom is -0.454 e. The molecular weight excluding hydrogens is 330 g/mol. The van der Waals surface area contributed by atoms with Crippen LogP contribution in [0.1, 0.15) is 37.0 Å².